The Bertz CT molecular complexity index is 376. The molecule has 1 amide bonds. The van der Waals surface area contributed by atoms with Crippen LogP contribution in [0.2, 0.25) is 0 Å². The Balaban J connectivity index is 1.98. The Morgan fingerprint density at radius 2 is 1.65 bits per heavy atom. The van der Waals surface area contributed by atoms with Crippen molar-refractivity contribution in [2.75, 3.05) is 20.6 Å². The van der Waals surface area contributed by atoms with Gasteiger partial charge in [0.1, 0.15) is 4.33 Å². The second kappa shape index (κ2) is 5.66. The lowest BCUT2D eigenvalue weighted by Gasteiger charge is -2.40. The fourth-order valence-corrected chi connectivity index (χ4v) is 3.96. The summed E-state index contributed by atoms with van der Waals surface area (Å²) in [5.41, 5.74) is -0.535. The fraction of sp³-hybridized carbons (Fsp3) is 0.933. The number of amides is 1. The van der Waals surface area contributed by atoms with E-state index in [0.717, 1.165) is 12.8 Å². The monoisotopic (exact) mass is 320 g/mol. The number of alkyl halides is 2. The third-order valence-electron chi connectivity index (χ3n) is 5.32. The molecule has 0 radical (unpaired) electrons. The number of halogens is 2. The molecule has 0 unspecified atom stereocenters. The van der Waals surface area contributed by atoms with Gasteiger partial charge in [0, 0.05) is 12.1 Å². The van der Waals surface area contributed by atoms with Gasteiger partial charge in [0.15, 0.2) is 0 Å². The van der Waals surface area contributed by atoms with Crippen LogP contribution in [0.4, 0.5) is 0 Å². The van der Waals surface area contributed by atoms with E-state index in [2.05, 4.69) is 24.3 Å². The summed E-state index contributed by atoms with van der Waals surface area (Å²) in [4.78, 5) is 14.6. The van der Waals surface area contributed by atoms with Crippen LogP contribution < -0.4 is 5.32 Å². The molecule has 0 spiro atoms. The zero-order chi connectivity index (χ0) is 15.0. The average molecular weight is 321 g/mol. The molecule has 116 valence electrons. The smallest absolute Gasteiger partial charge is 0.229 e. The van der Waals surface area contributed by atoms with E-state index in [1.807, 2.05) is 6.92 Å². The van der Waals surface area contributed by atoms with E-state index in [1.54, 1.807) is 0 Å². The minimum absolute atomic E-state index is 0.00651. The molecule has 0 aromatic heterocycles. The minimum Gasteiger partial charge on any atom is -0.354 e. The van der Waals surface area contributed by atoms with Crippen molar-refractivity contribution in [1.29, 1.82) is 0 Å². The summed E-state index contributed by atoms with van der Waals surface area (Å²) in [5, 5.41) is 3.11. The van der Waals surface area contributed by atoms with Gasteiger partial charge >= 0.3 is 0 Å². The number of rotatable bonds is 4. The molecule has 0 aliphatic heterocycles. The molecule has 2 saturated carbocycles. The molecule has 0 saturated heterocycles. The lowest BCUT2D eigenvalue weighted by atomic mass is 9.88. The first-order chi connectivity index (χ1) is 9.24. The van der Waals surface area contributed by atoms with Gasteiger partial charge in [-0.1, -0.05) is 25.7 Å². The molecule has 0 aromatic carbocycles. The molecule has 0 aromatic rings. The van der Waals surface area contributed by atoms with Crippen LogP contribution in [-0.4, -0.2) is 41.3 Å². The molecule has 2 fully saturated rings. The van der Waals surface area contributed by atoms with Gasteiger partial charge in [0.05, 0.1) is 5.41 Å². The van der Waals surface area contributed by atoms with Crippen LogP contribution in [0.1, 0.15) is 51.9 Å². The first kappa shape index (κ1) is 16.4. The summed E-state index contributed by atoms with van der Waals surface area (Å²) < 4.78 is -0.883. The molecule has 2 aliphatic carbocycles. The predicted octanol–water partition coefficient (Wildman–Crippen LogP) is 3.34. The van der Waals surface area contributed by atoms with Crippen molar-refractivity contribution in [2.45, 2.75) is 61.7 Å². The normalized spacial score (nSPS) is 31.7. The van der Waals surface area contributed by atoms with Crippen LogP contribution in [0.25, 0.3) is 0 Å². The SMILES string of the molecule is CN(C)C1(CNC(=O)[C@]2(C)CC2(Cl)Cl)CCCCCC1. The lowest BCUT2D eigenvalue weighted by Crippen LogP contribution is -2.53. The van der Waals surface area contributed by atoms with Crippen molar-refractivity contribution in [2.24, 2.45) is 5.41 Å². The third-order valence-corrected chi connectivity index (χ3v) is 6.42. The fourth-order valence-electron chi connectivity index (χ4n) is 3.25. The van der Waals surface area contributed by atoms with E-state index >= 15 is 0 Å². The minimum atomic E-state index is -0.883. The molecule has 0 bridgehead atoms. The van der Waals surface area contributed by atoms with Crippen molar-refractivity contribution >= 4 is 29.1 Å². The quantitative estimate of drug-likeness (QED) is 0.636. The number of carbonyl (C=O) groups is 1. The van der Waals surface area contributed by atoms with Gasteiger partial charge in [-0.2, -0.15) is 0 Å². The number of hydrogen-bond donors (Lipinski definition) is 1. The van der Waals surface area contributed by atoms with E-state index in [0.29, 0.717) is 13.0 Å². The molecule has 2 aliphatic rings. The third kappa shape index (κ3) is 2.95. The highest BCUT2D eigenvalue weighted by Gasteiger charge is 2.67. The van der Waals surface area contributed by atoms with Gasteiger partial charge < -0.3 is 10.2 Å². The topological polar surface area (TPSA) is 32.3 Å². The van der Waals surface area contributed by atoms with Gasteiger partial charge in [-0.05, 0) is 40.3 Å². The Kier molecular flexibility index (Phi) is 4.63. The molecular formula is C15H26Cl2N2O. The van der Waals surface area contributed by atoms with Gasteiger partial charge in [-0.25, -0.2) is 0 Å². The van der Waals surface area contributed by atoms with Crippen molar-refractivity contribution in [3.05, 3.63) is 0 Å². The number of hydrogen-bond acceptors (Lipinski definition) is 2. The van der Waals surface area contributed by atoms with Gasteiger partial charge in [0.2, 0.25) is 5.91 Å². The predicted molar refractivity (Wildman–Crippen MR) is 84.3 cm³/mol. The molecule has 3 nitrogen and oxygen atoms in total. The highest BCUT2D eigenvalue weighted by molar-refractivity contribution is 6.53. The maximum atomic E-state index is 12.3. The maximum absolute atomic E-state index is 12.3. The van der Waals surface area contributed by atoms with E-state index < -0.39 is 9.75 Å². The summed E-state index contributed by atoms with van der Waals surface area (Å²) >= 11 is 12.2. The largest absolute Gasteiger partial charge is 0.354 e. The Morgan fingerprint density at radius 1 is 1.15 bits per heavy atom. The zero-order valence-electron chi connectivity index (χ0n) is 12.8. The van der Waals surface area contributed by atoms with Crippen molar-refractivity contribution in [1.82, 2.24) is 10.2 Å². The van der Waals surface area contributed by atoms with Crippen molar-refractivity contribution in [3.63, 3.8) is 0 Å². The van der Waals surface area contributed by atoms with E-state index in [9.17, 15) is 4.79 Å². The second-order valence-electron chi connectivity index (χ2n) is 6.93. The van der Waals surface area contributed by atoms with Crippen molar-refractivity contribution in [3.8, 4) is 0 Å². The van der Waals surface area contributed by atoms with Gasteiger partial charge in [-0.3, -0.25) is 4.79 Å². The molecule has 1 atom stereocenters. The van der Waals surface area contributed by atoms with Crippen LogP contribution in [0.5, 0.6) is 0 Å². The van der Waals surface area contributed by atoms with Crippen LogP contribution in [0.15, 0.2) is 0 Å². The highest BCUT2D eigenvalue weighted by atomic mass is 35.5. The van der Waals surface area contributed by atoms with Gasteiger partial charge in [0.25, 0.3) is 0 Å². The molecule has 20 heavy (non-hydrogen) atoms. The molecular weight excluding hydrogens is 295 g/mol. The number of likely N-dealkylation sites (N-methyl/N-ethyl adjacent to an activating group) is 1. The number of carbonyl (C=O) groups excluding carboxylic acids is 1. The summed E-state index contributed by atoms with van der Waals surface area (Å²) in [6, 6.07) is 0. The first-order valence-corrected chi connectivity index (χ1v) is 8.33. The van der Waals surface area contributed by atoms with Crippen LogP contribution >= 0.6 is 23.2 Å². The van der Waals surface area contributed by atoms with Gasteiger partial charge in [-0.15, -0.1) is 23.2 Å². The summed E-state index contributed by atoms with van der Waals surface area (Å²) in [6.45, 7) is 2.54. The van der Waals surface area contributed by atoms with E-state index in [1.165, 1.54) is 25.7 Å². The number of nitrogens with one attached hydrogen (secondary N) is 1. The molecule has 1 N–H and O–H groups in total. The molecule has 0 heterocycles. The van der Waals surface area contributed by atoms with Crippen LogP contribution in [0.3, 0.4) is 0 Å². The summed E-state index contributed by atoms with van der Waals surface area (Å²) in [5.74, 6) is -0.00651. The number of nitrogens with zero attached hydrogens (tertiary/aromatic N) is 1. The Morgan fingerprint density at radius 3 is 2.05 bits per heavy atom. The zero-order valence-corrected chi connectivity index (χ0v) is 14.3. The van der Waals surface area contributed by atoms with E-state index in [-0.39, 0.29) is 11.4 Å². The van der Waals surface area contributed by atoms with Crippen LogP contribution in [0, 0.1) is 5.41 Å². The Hall–Kier alpha value is 0.01000. The summed E-state index contributed by atoms with van der Waals surface area (Å²) in [6.07, 6.45) is 7.90. The highest BCUT2D eigenvalue weighted by Crippen LogP contribution is 2.63. The average Bonchev–Trinajstić information content (AvgIpc) is 2.98. The molecule has 5 heteroatoms. The second-order valence-corrected chi connectivity index (χ2v) is 8.41. The maximum Gasteiger partial charge on any atom is 0.229 e. The standard InChI is InChI=1S/C15H26Cl2N2O/c1-13(10-15(13,16)17)12(20)18-11-14(19(2)3)8-6-4-5-7-9-14/h4-11H2,1-3H3,(H,18,20)/t13-/m0/s1. The lowest BCUT2D eigenvalue weighted by molar-refractivity contribution is -0.126. The van der Waals surface area contributed by atoms with E-state index in [4.69, 9.17) is 23.2 Å². The Labute approximate surface area is 132 Å². The van der Waals surface area contributed by atoms with Crippen LogP contribution in [-0.2, 0) is 4.79 Å². The summed E-state index contributed by atoms with van der Waals surface area (Å²) in [7, 11) is 4.23. The first-order valence-electron chi connectivity index (χ1n) is 7.57. The molecule has 2 rings (SSSR count). The van der Waals surface area contributed by atoms with Crippen molar-refractivity contribution < 1.29 is 4.79 Å².